The minimum absolute atomic E-state index is 0.470. The Morgan fingerprint density at radius 2 is 2.36 bits per heavy atom. The van der Waals surface area contributed by atoms with Crippen molar-refractivity contribution in [2.75, 3.05) is 24.7 Å². The van der Waals surface area contributed by atoms with E-state index in [-0.39, 0.29) is 0 Å². The van der Waals surface area contributed by atoms with Crippen LogP contribution in [0.2, 0.25) is 0 Å². The van der Waals surface area contributed by atoms with Crippen LogP contribution in [0.5, 0.6) is 0 Å². The molecule has 1 heterocycles. The number of nitrogens with zero attached hydrogens (tertiary/aromatic N) is 1. The fourth-order valence-corrected chi connectivity index (χ4v) is 2.15. The van der Waals surface area contributed by atoms with Crippen molar-refractivity contribution in [2.24, 2.45) is 0 Å². The lowest BCUT2D eigenvalue weighted by Gasteiger charge is -2.35. The number of anilines is 1. The van der Waals surface area contributed by atoms with Gasteiger partial charge < -0.3 is 9.64 Å². The molecule has 0 radical (unpaired) electrons. The van der Waals surface area contributed by atoms with Crippen molar-refractivity contribution in [1.29, 1.82) is 0 Å². The molecule has 0 aliphatic carbocycles. The van der Waals surface area contributed by atoms with Crippen molar-refractivity contribution in [3.63, 3.8) is 0 Å². The largest absolute Gasteiger partial charge is 0.377 e. The monoisotopic (exact) mass is 255 g/mol. The van der Waals surface area contributed by atoms with E-state index in [1.807, 2.05) is 0 Å². The highest BCUT2D eigenvalue weighted by molar-refractivity contribution is 9.10. The zero-order valence-corrected chi connectivity index (χ0v) is 9.83. The molecule has 1 aromatic rings. The summed E-state index contributed by atoms with van der Waals surface area (Å²) in [5.41, 5.74) is 1.27. The van der Waals surface area contributed by atoms with Gasteiger partial charge in [-0.15, -0.1) is 0 Å². The summed E-state index contributed by atoms with van der Waals surface area (Å²) in [6, 6.07) is 8.89. The highest BCUT2D eigenvalue weighted by Gasteiger charge is 2.18. The van der Waals surface area contributed by atoms with E-state index in [4.69, 9.17) is 4.74 Å². The average Bonchev–Trinajstić information content (AvgIpc) is 2.18. The molecule has 1 fully saturated rings. The molecule has 1 saturated heterocycles. The summed E-state index contributed by atoms with van der Waals surface area (Å²) >= 11 is 3.49. The first-order chi connectivity index (χ1) is 6.77. The maximum absolute atomic E-state index is 5.41. The first-order valence-corrected chi connectivity index (χ1v) is 5.66. The van der Waals surface area contributed by atoms with Crippen molar-refractivity contribution in [3.05, 3.63) is 28.7 Å². The molecule has 1 aliphatic rings. The maximum Gasteiger partial charge on any atom is 0.0668 e. The number of morpholine rings is 1. The highest BCUT2D eigenvalue weighted by Crippen LogP contribution is 2.23. The second-order valence-electron chi connectivity index (χ2n) is 3.60. The second-order valence-corrected chi connectivity index (χ2v) is 4.51. The van der Waals surface area contributed by atoms with Crippen molar-refractivity contribution in [3.8, 4) is 0 Å². The molecular formula is C11H14BrNO. The van der Waals surface area contributed by atoms with E-state index < -0.39 is 0 Å². The van der Waals surface area contributed by atoms with Crippen LogP contribution in [0.3, 0.4) is 0 Å². The first kappa shape index (κ1) is 9.99. The van der Waals surface area contributed by atoms with Gasteiger partial charge in [0, 0.05) is 22.7 Å². The highest BCUT2D eigenvalue weighted by atomic mass is 79.9. The molecule has 1 unspecified atom stereocenters. The molecule has 3 heteroatoms. The molecule has 2 nitrogen and oxygen atoms in total. The molecule has 0 N–H and O–H groups in total. The van der Waals surface area contributed by atoms with Gasteiger partial charge >= 0.3 is 0 Å². The van der Waals surface area contributed by atoms with Crippen LogP contribution < -0.4 is 4.90 Å². The minimum atomic E-state index is 0.470. The van der Waals surface area contributed by atoms with Gasteiger partial charge in [0.25, 0.3) is 0 Å². The van der Waals surface area contributed by atoms with Crippen molar-refractivity contribution >= 4 is 21.6 Å². The van der Waals surface area contributed by atoms with E-state index in [0.29, 0.717) is 6.04 Å². The van der Waals surface area contributed by atoms with Gasteiger partial charge in [-0.2, -0.15) is 0 Å². The van der Waals surface area contributed by atoms with Crippen LogP contribution in [0.15, 0.2) is 28.7 Å². The lowest BCUT2D eigenvalue weighted by molar-refractivity contribution is 0.0989. The summed E-state index contributed by atoms with van der Waals surface area (Å²) in [5, 5.41) is 0. The third-order valence-electron chi connectivity index (χ3n) is 2.51. The molecule has 14 heavy (non-hydrogen) atoms. The SMILES string of the molecule is CC1COCCN1c1cccc(Br)c1. The Bertz CT molecular complexity index is 316. The van der Waals surface area contributed by atoms with Gasteiger partial charge in [0.2, 0.25) is 0 Å². The lowest BCUT2D eigenvalue weighted by atomic mass is 10.2. The summed E-state index contributed by atoms with van der Waals surface area (Å²) in [6.07, 6.45) is 0. The standard InChI is InChI=1S/C11H14BrNO/c1-9-8-14-6-5-13(9)11-4-2-3-10(12)7-11/h2-4,7,9H,5-6,8H2,1H3. The number of hydrogen-bond acceptors (Lipinski definition) is 2. The van der Waals surface area contributed by atoms with Crippen LogP contribution in [-0.2, 0) is 4.74 Å². The fourth-order valence-electron chi connectivity index (χ4n) is 1.77. The Labute approximate surface area is 93.0 Å². The lowest BCUT2D eigenvalue weighted by Crippen LogP contribution is -2.43. The second kappa shape index (κ2) is 4.32. The van der Waals surface area contributed by atoms with Crippen LogP contribution in [-0.4, -0.2) is 25.8 Å². The third kappa shape index (κ3) is 2.10. The molecule has 0 amide bonds. The Hall–Kier alpha value is -0.540. The first-order valence-electron chi connectivity index (χ1n) is 4.87. The van der Waals surface area contributed by atoms with E-state index in [1.165, 1.54) is 5.69 Å². The van der Waals surface area contributed by atoms with Crippen LogP contribution in [0.25, 0.3) is 0 Å². The van der Waals surface area contributed by atoms with Gasteiger partial charge in [-0.3, -0.25) is 0 Å². The minimum Gasteiger partial charge on any atom is -0.377 e. The number of benzene rings is 1. The topological polar surface area (TPSA) is 12.5 Å². The number of halogens is 1. The number of hydrogen-bond donors (Lipinski definition) is 0. The Morgan fingerprint density at radius 3 is 3.07 bits per heavy atom. The molecule has 1 aliphatic heterocycles. The molecule has 2 rings (SSSR count). The van der Waals surface area contributed by atoms with Gasteiger partial charge in [-0.05, 0) is 25.1 Å². The zero-order valence-electron chi connectivity index (χ0n) is 8.24. The number of ether oxygens (including phenoxy) is 1. The molecule has 0 saturated carbocycles. The fraction of sp³-hybridized carbons (Fsp3) is 0.455. The van der Waals surface area contributed by atoms with E-state index in [9.17, 15) is 0 Å². The van der Waals surface area contributed by atoms with Gasteiger partial charge in [-0.1, -0.05) is 22.0 Å². The number of rotatable bonds is 1. The summed E-state index contributed by atoms with van der Waals surface area (Å²) in [5.74, 6) is 0. The van der Waals surface area contributed by atoms with E-state index in [2.05, 4.69) is 52.0 Å². The summed E-state index contributed by atoms with van der Waals surface area (Å²) in [4.78, 5) is 2.38. The predicted molar refractivity (Wildman–Crippen MR) is 61.8 cm³/mol. The van der Waals surface area contributed by atoms with Crippen LogP contribution in [0, 0.1) is 0 Å². The third-order valence-corrected chi connectivity index (χ3v) is 3.00. The molecule has 0 spiro atoms. The Balaban J connectivity index is 2.20. The van der Waals surface area contributed by atoms with E-state index in [1.54, 1.807) is 0 Å². The average molecular weight is 256 g/mol. The molecule has 76 valence electrons. The van der Waals surface area contributed by atoms with E-state index in [0.717, 1.165) is 24.2 Å². The normalized spacial score (nSPS) is 22.4. The van der Waals surface area contributed by atoms with Crippen LogP contribution in [0.4, 0.5) is 5.69 Å². The quantitative estimate of drug-likeness (QED) is 0.766. The Kier molecular flexibility index (Phi) is 3.08. The van der Waals surface area contributed by atoms with Gasteiger partial charge in [-0.25, -0.2) is 0 Å². The molecule has 0 aromatic heterocycles. The van der Waals surface area contributed by atoms with Gasteiger partial charge in [0.15, 0.2) is 0 Å². The van der Waals surface area contributed by atoms with Crippen LogP contribution >= 0.6 is 15.9 Å². The van der Waals surface area contributed by atoms with Crippen molar-refractivity contribution in [1.82, 2.24) is 0 Å². The maximum atomic E-state index is 5.41. The van der Waals surface area contributed by atoms with Crippen molar-refractivity contribution < 1.29 is 4.74 Å². The van der Waals surface area contributed by atoms with Crippen molar-refractivity contribution in [2.45, 2.75) is 13.0 Å². The molecule has 1 atom stereocenters. The Morgan fingerprint density at radius 1 is 1.50 bits per heavy atom. The van der Waals surface area contributed by atoms with Crippen LogP contribution in [0.1, 0.15) is 6.92 Å². The molecule has 0 bridgehead atoms. The summed E-state index contributed by atoms with van der Waals surface area (Å²) in [6.45, 7) is 4.83. The summed E-state index contributed by atoms with van der Waals surface area (Å²) < 4.78 is 6.54. The molecule has 1 aromatic carbocycles. The van der Waals surface area contributed by atoms with Gasteiger partial charge in [0.1, 0.15) is 0 Å². The van der Waals surface area contributed by atoms with E-state index >= 15 is 0 Å². The smallest absolute Gasteiger partial charge is 0.0668 e. The summed E-state index contributed by atoms with van der Waals surface area (Å²) in [7, 11) is 0. The molecular weight excluding hydrogens is 242 g/mol. The van der Waals surface area contributed by atoms with Gasteiger partial charge in [0.05, 0.1) is 13.2 Å². The predicted octanol–water partition coefficient (Wildman–Crippen LogP) is 2.67. The zero-order chi connectivity index (χ0) is 9.97.